The Morgan fingerprint density at radius 1 is 1.15 bits per heavy atom. The van der Waals surface area contributed by atoms with Gasteiger partial charge in [-0.1, -0.05) is 30.3 Å². The highest BCUT2D eigenvalue weighted by Crippen LogP contribution is 2.32. The van der Waals surface area contributed by atoms with E-state index in [-0.39, 0.29) is 17.8 Å². The number of rotatable bonds is 2. The van der Waals surface area contributed by atoms with Crippen molar-refractivity contribution in [3.63, 3.8) is 0 Å². The zero-order valence-electron chi connectivity index (χ0n) is 11.6. The highest BCUT2D eigenvalue weighted by molar-refractivity contribution is 5.99. The Labute approximate surface area is 117 Å². The molecule has 0 saturated carbocycles. The van der Waals surface area contributed by atoms with Crippen LogP contribution in [0.4, 0.5) is 4.39 Å². The van der Waals surface area contributed by atoms with E-state index in [2.05, 4.69) is 0 Å². The highest BCUT2D eigenvalue weighted by Gasteiger charge is 2.32. The Morgan fingerprint density at radius 2 is 1.85 bits per heavy atom. The van der Waals surface area contributed by atoms with Gasteiger partial charge in [-0.2, -0.15) is 0 Å². The number of hydrogen-bond donors (Lipinski definition) is 0. The molecule has 0 saturated heterocycles. The summed E-state index contributed by atoms with van der Waals surface area (Å²) in [7, 11) is 0. The molecule has 0 fully saturated rings. The normalized spacial score (nSPS) is 15.3. The molecule has 2 aromatic carbocycles. The summed E-state index contributed by atoms with van der Waals surface area (Å²) in [6.45, 7) is 4.56. The Kier molecular flexibility index (Phi) is 3.05. The zero-order chi connectivity index (χ0) is 14.3. The molecule has 0 spiro atoms. The smallest absolute Gasteiger partial charge is 0.255 e. The van der Waals surface area contributed by atoms with Crippen molar-refractivity contribution >= 4 is 5.91 Å². The molecule has 1 amide bonds. The molecule has 20 heavy (non-hydrogen) atoms. The number of carbonyl (C=O) groups excluding carboxylic acids is 1. The minimum Gasteiger partial charge on any atom is -0.328 e. The number of amides is 1. The standard InChI is InChI=1S/C17H16FNO/c1-11-4-3-5-14-10-19(17(20)16(11)14)12(2)13-6-8-15(18)9-7-13/h3-9,12H,10H2,1-2H3/t12-/m0/s1. The Balaban J connectivity index is 1.92. The van der Waals surface area contributed by atoms with Gasteiger partial charge in [0.2, 0.25) is 0 Å². The highest BCUT2D eigenvalue weighted by atomic mass is 19.1. The van der Waals surface area contributed by atoms with E-state index in [0.717, 1.165) is 22.3 Å². The van der Waals surface area contributed by atoms with Crippen molar-refractivity contribution in [1.82, 2.24) is 4.90 Å². The van der Waals surface area contributed by atoms with Crippen LogP contribution in [0.1, 0.15) is 40.0 Å². The monoisotopic (exact) mass is 269 g/mol. The van der Waals surface area contributed by atoms with E-state index >= 15 is 0 Å². The molecule has 0 aliphatic carbocycles. The van der Waals surface area contributed by atoms with Gasteiger partial charge >= 0.3 is 0 Å². The Morgan fingerprint density at radius 3 is 2.50 bits per heavy atom. The van der Waals surface area contributed by atoms with Crippen molar-refractivity contribution in [1.29, 1.82) is 0 Å². The second-order valence-electron chi connectivity index (χ2n) is 5.27. The third kappa shape index (κ3) is 1.99. The third-order valence-corrected chi connectivity index (χ3v) is 3.99. The van der Waals surface area contributed by atoms with Crippen LogP contribution in [-0.4, -0.2) is 10.8 Å². The van der Waals surface area contributed by atoms with Gasteiger partial charge in [-0.05, 0) is 42.7 Å². The molecule has 2 aromatic rings. The lowest BCUT2D eigenvalue weighted by Gasteiger charge is -2.24. The Hall–Kier alpha value is -2.16. The van der Waals surface area contributed by atoms with Gasteiger partial charge in [-0.15, -0.1) is 0 Å². The molecule has 0 unspecified atom stereocenters. The molecule has 1 aliphatic heterocycles. The van der Waals surface area contributed by atoms with Gasteiger partial charge in [-0.3, -0.25) is 4.79 Å². The lowest BCUT2D eigenvalue weighted by Crippen LogP contribution is -2.27. The van der Waals surface area contributed by atoms with E-state index in [4.69, 9.17) is 0 Å². The fraction of sp³-hybridized carbons (Fsp3) is 0.235. The van der Waals surface area contributed by atoms with Crippen molar-refractivity contribution in [2.24, 2.45) is 0 Å². The maximum Gasteiger partial charge on any atom is 0.255 e. The lowest BCUT2D eigenvalue weighted by atomic mass is 10.0. The summed E-state index contributed by atoms with van der Waals surface area (Å²) in [5, 5.41) is 0. The number of nitrogens with zero attached hydrogens (tertiary/aromatic N) is 1. The van der Waals surface area contributed by atoms with Gasteiger partial charge in [-0.25, -0.2) is 4.39 Å². The number of aryl methyl sites for hydroxylation is 1. The lowest BCUT2D eigenvalue weighted by molar-refractivity contribution is 0.0715. The summed E-state index contributed by atoms with van der Waals surface area (Å²) < 4.78 is 13.0. The van der Waals surface area contributed by atoms with Crippen molar-refractivity contribution in [3.05, 3.63) is 70.5 Å². The van der Waals surface area contributed by atoms with E-state index in [0.29, 0.717) is 6.54 Å². The van der Waals surface area contributed by atoms with Crippen LogP contribution in [-0.2, 0) is 6.54 Å². The molecule has 102 valence electrons. The molecule has 0 aromatic heterocycles. The van der Waals surface area contributed by atoms with E-state index in [1.807, 2.05) is 36.9 Å². The first-order valence-corrected chi connectivity index (χ1v) is 6.73. The predicted octanol–water partition coefficient (Wildman–Crippen LogP) is 3.85. The molecule has 0 bridgehead atoms. The Bertz CT molecular complexity index is 663. The fourth-order valence-electron chi connectivity index (χ4n) is 2.80. The van der Waals surface area contributed by atoms with Crippen molar-refractivity contribution in [3.8, 4) is 0 Å². The SMILES string of the molecule is Cc1cccc2c1C(=O)N([C@@H](C)c1ccc(F)cc1)C2. The summed E-state index contributed by atoms with van der Waals surface area (Å²) in [5.74, 6) is -0.192. The number of hydrogen-bond acceptors (Lipinski definition) is 1. The second kappa shape index (κ2) is 4.75. The molecule has 3 heteroatoms. The number of fused-ring (bicyclic) bond motifs is 1. The fourth-order valence-corrected chi connectivity index (χ4v) is 2.80. The van der Waals surface area contributed by atoms with Gasteiger partial charge < -0.3 is 4.90 Å². The van der Waals surface area contributed by atoms with Crippen molar-refractivity contribution in [2.75, 3.05) is 0 Å². The van der Waals surface area contributed by atoms with Crippen LogP contribution in [0.25, 0.3) is 0 Å². The number of benzene rings is 2. The average molecular weight is 269 g/mol. The molecule has 2 nitrogen and oxygen atoms in total. The third-order valence-electron chi connectivity index (χ3n) is 3.99. The maximum absolute atomic E-state index is 13.0. The van der Waals surface area contributed by atoms with E-state index in [1.165, 1.54) is 12.1 Å². The second-order valence-corrected chi connectivity index (χ2v) is 5.27. The van der Waals surface area contributed by atoms with Gasteiger partial charge in [0.05, 0.1) is 6.04 Å². The van der Waals surface area contributed by atoms with Gasteiger partial charge in [0, 0.05) is 12.1 Å². The minimum atomic E-state index is -0.257. The predicted molar refractivity (Wildman–Crippen MR) is 75.9 cm³/mol. The van der Waals surface area contributed by atoms with E-state index in [9.17, 15) is 9.18 Å². The van der Waals surface area contributed by atoms with Crippen molar-refractivity contribution < 1.29 is 9.18 Å². The first-order chi connectivity index (χ1) is 9.58. The molecule has 0 radical (unpaired) electrons. The molecular weight excluding hydrogens is 253 g/mol. The molecule has 1 atom stereocenters. The first-order valence-electron chi connectivity index (χ1n) is 6.73. The maximum atomic E-state index is 13.0. The number of carbonyl (C=O) groups is 1. The molecular formula is C17H16FNO. The number of halogens is 1. The van der Waals surface area contributed by atoms with Gasteiger partial charge in [0.25, 0.3) is 5.91 Å². The molecule has 1 aliphatic rings. The van der Waals surface area contributed by atoms with Crippen LogP contribution in [0.15, 0.2) is 42.5 Å². The summed E-state index contributed by atoms with van der Waals surface area (Å²) in [4.78, 5) is 14.4. The summed E-state index contributed by atoms with van der Waals surface area (Å²) >= 11 is 0. The quantitative estimate of drug-likeness (QED) is 0.811. The van der Waals surface area contributed by atoms with Crippen LogP contribution in [0, 0.1) is 12.7 Å². The van der Waals surface area contributed by atoms with Crippen molar-refractivity contribution in [2.45, 2.75) is 26.4 Å². The van der Waals surface area contributed by atoms with Gasteiger partial charge in [0.15, 0.2) is 0 Å². The molecule has 3 rings (SSSR count). The van der Waals surface area contributed by atoms with E-state index < -0.39 is 0 Å². The van der Waals surface area contributed by atoms with E-state index in [1.54, 1.807) is 12.1 Å². The summed E-state index contributed by atoms with van der Waals surface area (Å²) in [6, 6.07) is 12.2. The molecule has 1 heterocycles. The summed E-state index contributed by atoms with van der Waals surface area (Å²) in [6.07, 6.45) is 0. The zero-order valence-corrected chi connectivity index (χ0v) is 11.6. The van der Waals surface area contributed by atoms with Crippen LogP contribution >= 0.6 is 0 Å². The largest absolute Gasteiger partial charge is 0.328 e. The van der Waals surface area contributed by atoms with Crippen LogP contribution < -0.4 is 0 Å². The average Bonchev–Trinajstić information content (AvgIpc) is 2.77. The van der Waals surface area contributed by atoms with Crippen LogP contribution in [0.3, 0.4) is 0 Å². The topological polar surface area (TPSA) is 20.3 Å². The molecule has 0 N–H and O–H groups in total. The van der Waals surface area contributed by atoms with Crippen LogP contribution in [0.5, 0.6) is 0 Å². The summed E-state index contributed by atoms with van der Waals surface area (Å²) in [5.41, 5.74) is 3.86. The first kappa shape index (κ1) is 12.9. The minimum absolute atomic E-state index is 0.0603. The van der Waals surface area contributed by atoms with Gasteiger partial charge in [0.1, 0.15) is 5.82 Å². The van der Waals surface area contributed by atoms with Crippen LogP contribution in [0.2, 0.25) is 0 Å².